The van der Waals surface area contributed by atoms with E-state index in [9.17, 15) is 32.7 Å². The predicted molar refractivity (Wildman–Crippen MR) is 101 cm³/mol. The van der Waals surface area contributed by atoms with Gasteiger partial charge in [0.25, 0.3) is 0 Å². The van der Waals surface area contributed by atoms with Crippen LogP contribution in [0.1, 0.15) is 19.3 Å². The molecule has 0 aromatic rings. The molecule has 2 saturated heterocycles. The number of carbonyl (C=O) groups excluding carboxylic acids is 2. The summed E-state index contributed by atoms with van der Waals surface area (Å²) in [5.74, 6) is -3.19. The zero-order valence-corrected chi connectivity index (χ0v) is 16.9. The van der Waals surface area contributed by atoms with E-state index < -0.39 is 24.2 Å². The Kier molecular flexibility index (Phi) is 6.37. The van der Waals surface area contributed by atoms with Crippen molar-refractivity contribution in [1.82, 2.24) is 9.80 Å². The van der Waals surface area contributed by atoms with Gasteiger partial charge in [-0.3, -0.25) is 14.5 Å². The van der Waals surface area contributed by atoms with Crippen LogP contribution in [0.4, 0.5) is 13.2 Å². The van der Waals surface area contributed by atoms with Gasteiger partial charge in [-0.2, -0.15) is 13.2 Å². The van der Waals surface area contributed by atoms with Crippen LogP contribution in [0.3, 0.4) is 0 Å². The third-order valence-electron chi connectivity index (χ3n) is 5.22. The van der Waals surface area contributed by atoms with Crippen LogP contribution >= 0.6 is 11.8 Å². The lowest BCUT2D eigenvalue weighted by Crippen LogP contribution is -2.68. The number of thioether (sulfide) groups is 1. The number of rotatable bonds is 4. The monoisotopic (exact) mass is 463 g/mol. The highest BCUT2D eigenvalue weighted by Gasteiger charge is 2.51. The molecule has 31 heavy (non-hydrogen) atoms. The van der Waals surface area contributed by atoms with Crippen LogP contribution in [0.15, 0.2) is 22.9 Å². The van der Waals surface area contributed by atoms with Crippen LogP contribution < -0.4 is 5.73 Å². The molecule has 3 heterocycles. The Hall–Kier alpha value is -2.54. The molecule has 170 valence electrons. The van der Waals surface area contributed by atoms with Crippen LogP contribution in [0.25, 0.3) is 0 Å². The molecule has 0 aromatic heterocycles. The summed E-state index contributed by atoms with van der Waals surface area (Å²) in [6, 6.07) is -0.638. The highest BCUT2D eigenvalue weighted by molar-refractivity contribution is 8.00. The van der Waals surface area contributed by atoms with E-state index in [-0.39, 0.29) is 22.9 Å². The van der Waals surface area contributed by atoms with E-state index >= 15 is 0 Å². The smallest absolute Gasteiger partial charge is 0.477 e. The van der Waals surface area contributed by atoms with Gasteiger partial charge < -0.3 is 20.8 Å². The summed E-state index contributed by atoms with van der Waals surface area (Å²) in [6.07, 6.45) is -0.401. The van der Waals surface area contributed by atoms with E-state index in [1.54, 1.807) is 6.08 Å². The number of likely N-dealkylation sites (tertiary alicyclic amines) is 1. The summed E-state index contributed by atoms with van der Waals surface area (Å²) in [6.45, 7) is 1.50. The van der Waals surface area contributed by atoms with Gasteiger partial charge in [0.05, 0.1) is 0 Å². The average molecular weight is 463 g/mol. The largest absolute Gasteiger partial charge is 0.490 e. The molecule has 0 radical (unpaired) electrons. The number of β-lactam (4-membered cyclic amide) rings is 1. The Bertz CT molecular complexity index is 883. The summed E-state index contributed by atoms with van der Waals surface area (Å²) in [5.41, 5.74) is 6.88. The van der Waals surface area contributed by atoms with Crippen molar-refractivity contribution in [2.45, 2.75) is 36.9 Å². The van der Waals surface area contributed by atoms with Gasteiger partial charge >= 0.3 is 18.1 Å². The van der Waals surface area contributed by atoms with Gasteiger partial charge in [0.15, 0.2) is 0 Å². The molecular formula is C18H20F3N3O6S. The van der Waals surface area contributed by atoms with Crippen molar-refractivity contribution in [2.75, 3.05) is 18.8 Å². The van der Waals surface area contributed by atoms with Crippen molar-refractivity contribution >= 4 is 35.5 Å². The lowest BCUT2D eigenvalue weighted by atomic mass is 10.0. The standard InChI is InChI=1S/C16H19N3O4S.C2HF3O2/c17-11-14(21)19-12(16(22)23)10(7-24-15(11)19)5-9-3-4-18(13(9)20)6-8-1-2-8;3-2(4,5)1(6)7/h5,8,11,15H,1-4,6-7,17H2,(H,22,23);(H,6,7)/b9-5+;/t11-,15-;/m1./s1. The molecule has 0 spiro atoms. The van der Waals surface area contributed by atoms with E-state index in [0.29, 0.717) is 35.8 Å². The zero-order chi connectivity index (χ0) is 23.1. The average Bonchev–Trinajstić information content (AvgIpc) is 3.45. The van der Waals surface area contributed by atoms with E-state index in [1.165, 1.54) is 29.5 Å². The molecule has 0 bridgehead atoms. The Labute approximate surface area is 178 Å². The topological polar surface area (TPSA) is 141 Å². The molecular weight excluding hydrogens is 443 g/mol. The Morgan fingerprint density at radius 1 is 1.23 bits per heavy atom. The minimum Gasteiger partial charge on any atom is -0.477 e. The number of allylic oxidation sites excluding steroid dienone is 1. The van der Waals surface area contributed by atoms with Crippen molar-refractivity contribution < 1.29 is 42.6 Å². The number of halogens is 3. The summed E-state index contributed by atoms with van der Waals surface area (Å²) >= 11 is 1.45. The first kappa shape index (κ1) is 23.1. The third kappa shape index (κ3) is 4.87. The highest BCUT2D eigenvalue weighted by Crippen LogP contribution is 2.40. The maximum Gasteiger partial charge on any atom is 0.490 e. The van der Waals surface area contributed by atoms with Crippen LogP contribution in [0.2, 0.25) is 0 Å². The molecule has 0 aromatic carbocycles. The molecule has 3 aliphatic heterocycles. The van der Waals surface area contributed by atoms with Crippen LogP contribution in [-0.4, -0.2) is 80.2 Å². The second kappa shape index (κ2) is 8.54. The molecule has 1 aliphatic carbocycles. The van der Waals surface area contributed by atoms with Crippen LogP contribution in [0.5, 0.6) is 0 Å². The van der Waals surface area contributed by atoms with Gasteiger partial charge in [-0.25, -0.2) is 9.59 Å². The number of nitrogens with two attached hydrogens (primary N) is 1. The molecule has 3 fully saturated rings. The maximum atomic E-state index is 12.5. The fourth-order valence-electron chi connectivity index (χ4n) is 3.45. The summed E-state index contributed by atoms with van der Waals surface area (Å²) in [4.78, 5) is 48.1. The number of carboxylic acids is 2. The van der Waals surface area contributed by atoms with Crippen LogP contribution in [0, 0.1) is 5.92 Å². The molecule has 4 N–H and O–H groups in total. The van der Waals surface area contributed by atoms with E-state index in [0.717, 1.165) is 6.54 Å². The summed E-state index contributed by atoms with van der Waals surface area (Å²) in [7, 11) is 0. The van der Waals surface area contributed by atoms with Crippen LogP contribution in [-0.2, 0) is 19.2 Å². The molecule has 13 heteroatoms. The van der Waals surface area contributed by atoms with Crippen molar-refractivity contribution in [3.8, 4) is 0 Å². The van der Waals surface area contributed by atoms with Gasteiger partial charge in [0, 0.05) is 24.4 Å². The number of nitrogens with zero attached hydrogens (tertiary/aromatic N) is 2. The van der Waals surface area contributed by atoms with Crippen molar-refractivity contribution in [1.29, 1.82) is 0 Å². The highest BCUT2D eigenvalue weighted by atomic mass is 32.2. The molecule has 4 rings (SSSR count). The van der Waals surface area contributed by atoms with Gasteiger partial charge in [0.1, 0.15) is 17.1 Å². The number of hydrogen-bond donors (Lipinski definition) is 3. The van der Waals surface area contributed by atoms with Gasteiger partial charge in [-0.05, 0) is 36.8 Å². The number of carboxylic acid groups (broad SMARTS) is 2. The number of amides is 2. The second-order valence-electron chi connectivity index (χ2n) is 7.53. The van der Waals surface area contributed by atoms with Gasteiger partial charge in [-0.1, -0.05) is 0 Å². The summed E-state index contributed by atoms with van der Waals surface area (Å²) in [5, 5.41) is 16.3. The molecule has 1 saturated carbocycles. The molecule has 4 aliphatic rings. The van der Waals surface area contributed by atoms with Crippen molar-refractivity contribution in [3.05, 3.63) is 22.9 Å². The summed E-state index contributed by atoms with van der Waals surface area (Å²) < 4.78 is 31.7. The molecule has 2 amide bonds. The van der Waals surface area contributed by atoms with E-state index in [4.69, 9.17) is 15.6 Å². The van der Waals surface area contributed by atoms with Gasteiger partial charge in [0.2, 0.25) is 11.8 Å². The third-order valence-corrected chi connectivity index (χ3v) is 6.54. The van der Waals surface area contributed by atoms with Crippen molar-refractivity contribution in [3.63, 3.8) is 0 Å². The normalized spacial score (nSPS) is 27.0. The van der Waals surface area contributed by atoms with E-state index in [2.05, 4.69) is 0 Å². The lowest BCUT2D eigenvalue weighted by molar-refractivity contribution is -0.192. The first-order valence-electron chi connectivity index (χ1n) is 9.38. The first-order chi connectivity index (χ1) is 14.4. The SMILES string of the molecule is N[C@@H]1C(=O)N2C(C(=O)O)=C(/C=C3\CCN(CC4CC4)C3=O)CS[C@H]12.O=C(O)C(F)(F)F. The minimum atomic E-state index is -5.08. The van der Waals surface area contributed by atoms with Gasteiger partial charge in [-0.15, -0.1) is 11.8 Å². The Morgan fingerprint density at radius 3 is 2.35 bits per heavy atom. The quantitative estimate of drug-likeness (QED) is 0.410. The fourth-order valence-corrected chi connectivity index (χ4v) is 4.70. The number of hydrogen-bond acceptors (Lipinski definition) is 6. The first-order valence-corrected chi connectivity index (χ1v) is 10.4. The number of aliphatic carboxylic acids is 2. The lowest BCUT2D eigenvalue weighted by Gasteiger charge is -2.47. The van der Waals surface area contributed by atoms with E-state index in [1.807, 2.05) is 4.90 Å². The Balaban J connectivity index is 0.000000339. The molecule has 2 atom stereocenters. The predicted octanol–water partition coefficient (Wildman–Crippen LogP) is 0.770. The number of alkyl halides is 3. The second-order valence-corrected chi connectivity index (χ2v) is 8.64. The fraction of sp³-hybridized carbons (Fsp3) is 0.556. The minimum absolute atomic E-state index is 0.00194. The maximum absolute atomic E-state index is 12.5. The zero-order valence-electron chi connectivity index (χ0n) is 16.1. The number of carbonyl (C=O) groups is 4. The number of fused-ring (bicyclic) bond motifs is 1. The Morgan fingerprint density at radius 2 is 1.84 bits per heavy atom. The van der Waals surface area contributed by atoms with Crippen molar-refractivity contribution in [2.24, 2.45) is 11.7 Å². The molecule has 9 nitrogen and oxygen atoms in total. The molecule has 0 unspecified atom stereocenters.